The van der Waals surface area contributed by atoms with Crippen molar-refractivity contribution in [2.45, 2.75) is 6.92 Å². The van der Waals surface area contributed by atoms with E-state index in [9.17, 15) is 14.7 Å². The molecule has 0 saturated carbocycles. The zero-order valence-corrected chi connectivity index (χ0v) is 11.8. The predicted molar refractivity (Wildman–Crippen MR) is 79.2 cm³/mol. The molecular formula is C15H12ClNO4. The molecule has 0 fully saturated rings. The average molecular weight is 306 g/mol. The minimum atomic E-state index is -1.13. The van der Waals surface area contributed by atoms with Crippen LogP contribution in [0.3, 0.4) is 0 Å². The molecule has 108 valence electrons. The lowest BCUT2D eigenvalue weighted by molar-refractivity contribution is 0.0696. The molecule has 6 heteroatoms. The maximum absolute atomic E-state index is 12.1. The van der Waals surface area contributed by atoms with Gasteiger partial charge in [-0.25, -0.2) is 4.79 Å². The van der Waals surface area contributed by atoms with Crippen LogP contribution in [0.1, 0.15) is 26.3 Å². The van der Waals surface area contributed by atoms with E-state index in [0.717, 1.165) is 0 Å². The molecule has 0 radical (unpaired) electrons. The van der Waals surface area contributed by atoms with Gasteiger partial charge in [0.05, 0.1) is 5.56 Å². The van der Waals surface area contributed by atoms with Crippen LogP contribution in [0.5, 0.6) is 5.75 Å². The first kappa shape index (κ1) is 14.9. The highest BCUT2D eigenvalue weighted by Gasteiger charge is 2.11. The second-order valence-corrected chi connectivity index (χ2v) is 4.93. The molecule has 0 atom stereocenters. The highest BCUT2D eigenvalue weighted by Crippen LogP contribution is 2.21. The number of anilines is 1. The number of nitrogens with one attached hydrogen (secondary N) is 1. The summed E-state index contributed by atoms with van der Waals surface area (Å²) in [4.78, 5) is 23.0. The molecule has 0 aliphatic rings. The van der Waals surface area contributed by atoms with Crippen molar-refractivity contribution < 1.29 is 19.8 Å². The summed E-state index contributed by atoms with van der Waals surface area (Å²) in [6.07, 6.45) is 0. The van der Waals surface area contributed by atoms with Crippen molar-refractivity contribution in [3.8, 4) is 5.75 Å². The first-order chi connectivity index (χ1) is 9.86. The van der Waals surface area contributed by atoms with Gasteiger partial charge in [-0.3, -0.25) is 4.79 Å². The van der Waals surface area contributed by atoms with E-state index in [1.165, 1.54) is 36.4 Å². The fourth-order valence-corrected chi connectivity index (χ4v) is 2.02. The van der Waals surface area contributed by atoms with Crippen LogP contribution in [0.2, 0.25) is 5.02 Å². The Morgan fingerprint density at radius 2 is 1.81 bits per heavy atom. The number of carboxylic acid groups (broad SMARTS) is 1. The first-order valence-electron chi connectivity index (χ1n) is 6.01. The molecule has 2 aromatic carbocycles. The largest absolute Gasteiger partial charge is 0.508 e. The summed E-state index contributed by atoms with van der Waals surface area (Å²) in [7, 11) is 0. The Balaban J connectivity index is 2.27. The van der Waals surface area contributed by atoms with Crippen LogP contribution in [0.25, 0.3) is 0 Å². The monoisotopic (exact) mass is 305 g/mol. The molecule has 2 rings (SSSR count). The first-order valence-corrected chi connectivity index (χ1v) is 6.39. The number of aromatic carboxylic acids is 1. The van der Waals surface area contributed by atoms with E-state index in [1.54, 1.807) is 6.92 Å². The molecule has 0 aromatic heterocycles. The normalized spacial score (nSPS) is 10.2. The van der Waals surface area contributed by atoms with Crippen molar-refractivity contribution in [3.05, 3.63) is 58.1 Å². The number of carbonyl (C=O) groups excluding carboxylic acids is 1. The lowest BCUT2D eigenvalue weighted by Gasteiger charge is -2.08. The van der Waals surface area contributed by atoms with E-state index in [0.29, 0.717) is 11.1 Å². The number of aryl methyl sites for hydroxylation is 1. The summed E-state index contributed by atoms with van der Waals surface area (Å²) < 4.78 is 0. The molecule has 0 heterocycles. The number of halogens is 1. The summed E-state index contributed by atoms with van der Waals surface area (Å²) in [5, 5.41) is 21.2. The molecule has 0 saturated heterocycles. The van der Waals surface area contributed by atoms with Gasteiger partial charge in [-0.15, -0.1) is 0 Å². The van der Waals surface area contributed by atoms with E-state index in [-0.39, 0.29) is 22.0 Å². The SMILES string of the molecule is Cc1cc(C(=O)Nc2cc(Cl)cc(C(=O)O)c2)ccc1O. The molecule has 21 heavy (non-hydrogen) atoms. The average Bonchev–Trinajstić information content (AvgIpc) is 2.41. The van der Waals surface area contributed by atoms with Gasteiger partial charge >= 0.3 is 5.97 Å². The van der Waals surface area contributed by atoms with Crippen LogP contribution < -0.4 is 5.32 Å². The summed E-state index contributed by atoms with van der Waals surface area (Å²) >= 11 is 5.82. The van der Waals surface area contributed by atoms with Crippen LogP contribution in [-0.2, 0) is 0 Å². The summed E-state index contributed by atoms with van der Waals surface area (Å²) in [6, 6.07) is 8.50. The quantitative estimate of drug-likeness (QED) is 0.812. The number of aromatic hydroxyl groups is 1. The molecule has 5 nitrogen and oxygen atoms in total. The lowest BCUT2D eigenvalue weighted by Crippen LogP contribution is -2.12. The number of rotatable bonds is 3. The highest BCUT2D eigenvalue weighted by atomic mass is 35.5. The van der Waals surface area contributed by atoms with Gasteiger partial charge in [-0.1, -0.05) is 11.6 Å². The number of benzene rings is 2. The predicted octanol–water partition coefficient (Wildman–Crippen LogP) is 3.30. The van der Waals surface area contributed by atoms with Crippen LogP contribution in [0, 0.1) is 6.92 Å². The van der Waals surface area contributed by atoms with Crippen LogP contribution in [0.15, 0.2) is 36.4 Å². The Kier molecular flexibility index (Phi) is 4.14. The third kappa shape index (κ3) is 3.52. The van der Waals surface area contributed by atoms with Crippen molar-refractivity contribution in [2.75, 3.05) is 5.32 Å². The summed E-state index contributed by atoms with van der Waals surface area (Å²) in [6.45, 7) is 1.67. The summed E-state index contributed by atoms with van der Waals surface area (Å²) in [5.74, 6) is -1.45. The van der Waals surface area contributed by atoms with E-state index in [4.69, 9.17) is 16.7 Å². The van der Waals surface area contributed by atoms with Crippen molar-refractivity contribution in [1.82, 2.24) is 0 Å². The Morgan fingerprint density at radius 3 is 2.43 bits per heavy atom. The third-order valence-electron chi connectivity index (χ3n) is 2.86. The number of hydrogen-bond acceptors (Lipinski definition) is 3. The number of phenolic OH excluding ortho intramolecular Hbond substituents is 1. The molecule has 0 aliphatic heterocycles. The molecular weight excluding hydrogens is 294 g/mol. The minimum absolute atomic E-state index is 0.0142. The third-order valence-corrected chi connectivity index (χ3v) is 3.08. The van der Waals surface area contributed by atoms with Gasteiger partial charge in [0.1, 0.15) is 5.75 Å². The molecule has 0 unspecified atom stereocenters. The molecule has 3 N–H and O–H groups in total. The Labute approximate surface area is 125 Å². The smallest absolute Gasteiger partial charge is 0.335 e. The molecule has 2 aromatic rings. The van der Waals surface area contributed by atoms with E-state index >= 15 is 0 Å². The standard InChI is InChI=1S/C15H12ClNO4/c1-8-4-9(2-3-13(8)18)14(19)17-12-6-10(15(20)21)5-11(16)7-12/h2-7,18H,1H3,(H,17,19)(H,20,21). The van der Waals surface area contributed by atoms with E-state index in [1.807, 2.05) is 0 Å². The number of phenols is 1. The maximum atomic E-state index is 12.1. The molecule has 0 bridgehead atoms. The second-order valence-electron chi connectivity index (χ2n) is 4.49. The number of amides is 1. The fourth-order valence-electron chi connectivity index (χ4n) is 1.79. The fraction of sp³-hybridized carbons (Fsp3) is 0.0667. The molecule has 1 amide bonds. The minimum Gasteiger partial charge on any atom is -0.508 e. The van der Waals surface area contributed by atoms with Gasteiger partial charge in [-0.2, -0.15) is 0 Å². The van der Waals surface area contributed by atoms with Crippen molar-refractivity contribution in [1.29, 1.82) is 0 Å². The van der Waals surface area contributed by atoms with Gasteiger partial charge in [0.2, 0.25) is 0 Å². The van der Waals surface area contributed by atoms with Crippen molar-refractivity contribution in [2.24, 2.45) is 0 Å². The lowest BCUT2D eigenvalue weighted by atomic mass is 10.1. The number of hydrogen-bond donors (Lipinski definition) is 3. The number of carboxylic acids is 1. The van der Waals surface area contributed by atoms with Crippen molar-refractivity contribution in [3.63, 3.8) is 0 Å². The highest BCUT2D eigenvalue weighted by molar-refractivity contribution is 6.31. The Morgan fingerprint density at radius 1 is 1.10 bits per heavy atom. The van der Waals surface area contributed by atoms with Crippen molar-refractivity contribution >= 4 is 29.2 Å². The van der Waals surface area contributed by atoms with Crippen LogP contribution >= 0.6 is 11.6 Å². The molecule has 0 spiro atoms. The topological polar surface area (TPSA) is 86.6 Å². The summed E-state index contributed by atoms with van der Waals surface area (Å²) in [5.41, 5.74) is 1.19. The van der Waals surface area contributed by atoms with Gasteiger partial charge < -0.3 is 15.5 Å². The van der Waals surface area contributed by atoms with Gasteiger partial charge in [0.25, 0.3) is 5.91 Å². The zero-order chi connectivity index (χ0) is 15.6. The van der Waals surface area contributed by atoms with Crippen LogP contribution in [0.4, 0.5) is 5.69 Å². The van der Waals surface area contributed by atoms with E-state index in [2.05, 4.69) is 5.32 Å². The zero-order valence-electron chi connectivity index (χ0n) is 11.1. The molecule has 0 aliphatic carbocycles. The Hall–Kier alpha value is -2.53. The second kappa shape index (κ2) is 5.85. The Bertz CT molecular complexity index is 728. The maximum Gasteiger partial charge on any atom is 0.335 e. The van der Waals surface area contributed by atoms with Crippen LogP contribution in [-0.4, -0.2) is 22.1 Å². The van der Waals surface area contributed by atoms with Gasteiger partial charge in [0, 0.05) is 16.3 Å². The number of carbonyl (C=O) groups is 2. The van der Waals surface area contributed by atoms with E-state index < -0.39 is 11.9 Å². The van der Waals surface area contributed by atoms with Gasteiger partial charge in [0.15, 0.2) is 0 Å². The van der Waals surface area contributed by atoms with Gasteiger partial charge in [-0.05, 0) is 48.9 Å².